The van der Waals surface area contributed by atoms with Crippen LogP contribution in [0.5, 0.6) is 0 Å². The van der Waals surface area contributed by atoms with Gasteiger partial charge >= 0.3 is 0 Å². The molecule has 2 aromatic heterocycles. The van der Waals surface area contributed by atoms with Gasteiger partial charge in [0, 0.05) is 22.8 Å². The molecule has 0 spiro atoms. The van der Waals surface area contributed by atoms with E-state index in [1.807, 2.05) is 36.2 Å². The minimum Gasteiger partial charge on any atom is -0.335 e. The van der Waals surface area contributed by atoms with Crippen LogP contribution in [0.15, 0.2) is 22.7 Å². The summed E-state index contributed by atoms with van der Waals surface area (Å²) in [6, 6.07) is 4.34. The van der Waals surface area contributed by atoms with Crippen molar-refractivity contribution in [1.29, 1.82) is 0 Å². The Balaban J connectivity index is 1.68. The molecule has 1 aliphatic rings. The highest BCUT2D eigenvalue weighted by Crippen LogP contribution is 2.35. The second-order valence-electron chi connectivity index (χ2n) is 5.78. The van der Waals surface area contributed by atoms with E-state index in [0.29, 0.717) is 10.9 Å². The third-order valence-corrected chi connectivity index (χ3v) is 5.92. The standard InChI is InChI=1S/C17H21N3OS2/c1-4-14-13-6-8-22-15(13)5-7-20(14)16(21)10-23-17-18-11(2)9-12(3)19-17/h6,8-9,14H,4-5,7,10H2,1-3H3. The number of aromatic nitrogens is 2. The van der Waals surface area contributed by atoms with Crippen molar-refractivity contribution in [2.75, 3.05) is 12.3 Å². The first-order valence-corrected chi connectivity index (χ1v) is 9.75. The van der Waals surface area contributed by atoms with Crippen LogP contribution in [0.25, 0.3) is 0 Å². The van der Waals surface area contributed by atoms with Gasteiger partial charge in [-0.1, -0.05) is 18.7 Å². The molecular weight excluding hydrogens is 326 g/mol. The molecule has 23 heavy (non-hydrogen) atoms. The highest BCUT2D eigenvalue weighted by molar-refractivity contribution is 7.99. The van der Waals surface area contributed by atoms with Crippen LogP contribution < -0.4 is 0 Å². The van der Waals surface area contributed by atoms with Crippen molar-refractivity contribution in [2.45, 2.75) is 44.8 Å². The van der Waals surface area contributed by atoms with Crippen molar-refractivity contribution >= 4 is 29.0 Å². The molecule has 1 aliphatic heterocycles. The second-order valence-corrected chi connectivity index (χ2v) is 7.73. The van der Waals surface area contributed by atoms with E-state index in [9.17, 15) is 4.79 Å². The van der Waals surface area contributed by atoms with E-state index in [2.05, 4.69) is 28.3 Å². The average Bonchev–Trinajstić information content (AvgIpc) is 2.99. The highest BCUT2D eigenvalue weighted by Gasteiger charge is 2.30. The Bertz CT molecular complexity index is 693. The molecule has 0 aliphatic carbocycles. The fourth-order valence-corrected chi connectivity index (χ4v) is 4.87. The van der Waals surface area contributed by atoms with Gasteiger partial charge in [0.25, 0.3) is 0 Å². The van der Waals surface area contributed by atoms with E-state index in [4.69, 9.17) is 0 Å². The van der Waals surface area contributed by atoms with E-state index >= 15 is 0 Å². The first-order valence-electron chi connectivity index (χ1n) is 7.89. The van der Waals surface area contributed by atoms with Gasteiger partial charge < -0.3 is 4.90 Å². The van der Waals surface area contributed by atoms with Gasteiger partial charge in [-0.05, 0) is 49.8 Å². The molecule has 0 fully saturated rings. The lowest BCUT2D eigenvalue weighted by Gasteiger charge is -2.35. The molecule has 0 aromatic carbocycles. The summed E-state index contributed by atoms with van der Waals surface area (Å²) in [5, 5.41) is 2.83. The fraction of sp³-hybridized carbons (Fsp3) is 0.471. The number of thioether (sulfide) groups is 1. The Labute approximate surface area is 145 Å². The molecule has 0 saturated heterocycles. The molecule has 3 heterocycles. The molecule has 0 N–H and O–H groups in total. The Morgan fingerprint density at radius 3 is 2.83 bits per heavy atom. The third kappa shape index (κ3) is 3.58. The molecule has 0 saturated carbocycles. The van der Waals surface area contributed by atoms with Crippen LogP contribution in [0.3, 0.4) is 0 Å². The van der Waals surface area contributed by atoms with Gasteiger partial charge in [0.05, 0.1) is 11.8 Å². The summed E-state index contributed by atoms with van der Waals surface area (Å²) in [5.74, 6) is 0.584. The normalized spacial score (nSPS) is 17.2. The van der Waals surface area contributed by atoms with Gasteiger partial charge in [-0.15, -0.1) is 11.3 Å². The molecule has 122 valence electrons. The van der Waals surface area contributed by atoms with Crippen LogP contribution in [0, 0.1) is 13.8 Å². The molecule has 1 atom stereocenters. The van der Waals surface area contributed by atoms with Gasteiger partial charge in [0.1, 0.15) is 0 Å². The monoisotopic (exact) mass is 347 g/mol. The molecule has 3 rings (SSSR count). The van der Waals surface area contributed by atoms with Gasteiger partial charge in [0.2, 0.25) is 5.91 Å². The number of amides is 1. The molecule has 4 nitrogen and oxygen atoms in total. The van der Waals surface area contributed by atoms with Gasteiger partial charge in [-0.2, -0.15) is 0 Å². The van der Waals surface area contributed by atoms with Crippen molar-refractivity contribution < 1.29 is 4.79 Å². The van der Waals surface area contributed by atoms with E-state index in [0.717, 1.165) is 30.8 Å². The van der Waals surface area contributed by atoms with Crippen molar-refractivity contribution in [1.82, 2.24) is 14.9 Å². The molecular formula is C17H21N3OS2. The van der Waals surface area contributed by atoms with Crippen LogP contribution in [0.1, 0.15) is 41.2 Å². The van der Waals surface area contributed by atoms with Crippen LogP contribution in [-0.4, -0.2) is 33.1 Å². The first-order chi connectivity index (χ1) is 11.1. The van der Waals surface area contributed by atoms with Crippen molar-refractivity contribution in [3.8, 4) is 0 Å². The van der Waals surface area contributed by atoms with Gasteiger partial charge in [0.15, 0.2) is 5.16 Å². The minimum absolute atomic E-state index is 0.182. The van der Waals surface area contributed by atoms with Crippen LogP contribution in [0.2, 0.25) is 0 Å². The number of carbonyl (C=O) groups is 1. The summed E-state index contributed by atoms with van der Waals surface area (Å²) in [6.07, 6.45) is 1.93. The molecule has 1 unspecified atom stereocenters. The number of rotatable bonds is 4. The predicted molar refractivity (Wildman–Crippen MR) is 95.0 cm³/mol. The average molecular weight is 348 g/mol. The van der Waals surface area contributed by atoms with E-state index < -0.39 is 0 Å². The lowest BCUT2D eigenvalue weighted by atomic mass is 9.98. The molecule has 2 aromatic rings. The zero-order valence-electron chi connectivity index (χ0n) is 13.7. The Kier molecular flexibility index (Phi) is 5.02. The van der Waals surface area contributed by atoms with Crippen molar-refractivity contribution in [2.24, 2.45) is 0 Å². The minimum atomic E-state index is 0.182. The topological polar surface area (TPSA) is 46.1 Å². The van der Waals surface area contributed by atoms with E-state index in [1.54, 1.807) is 0 Å². The highest BCUT2D eigenvalue weighted by atomic mass is 32.2. The number of fused-ring (bicyclic) bond motifs is 1. The zero-order chi connectivity index (χ0) is 16.4. The zero-order valence-corrected chi connectivity index (χ0v) is 15.3. The SMILES string of the molecule is CCC1c2ccsc2CCN1C(=O)CSc1nc(C)cc(C)n1. The number of hydrogen-bond donors (Lipinski definition) is 0. The summed E-state index contributed by atoms with van der Waals surface area (Å²) in [7, 11) is 0. The molecule has 0 bridgehead atoms. The summed E-state index contributed by atoms with van der Waals surface area (Å²) >= 11 is 3.24. The van der Waals surface area contributed by atoms with Crippen molar-refractivity contribution in [3.05, 3.63) is 39.3 Å². The lowest BCUT2D eigenvalue weighted by Crippen LogP contribution is -2.40. The third-order valence-electron chi connectivity index (χ3n) is 4.09. The molecule has 0 radical (unpaired) electrons. The Morgan fingerprint density at radius 1 is 1.39 bits per heavy atom. The smallest absolute Gasteiger partial charge is 0.233 e. The number of thiophene rings is 1. The quantitative estimate of drug-likeness (QED) is 0.624. The van der Waals surface area contributed by atoms with Crippen LogP contribution in [0.4, 0.5) is 0 Å². The molecule has 6 heteroatoms. The van der Waals surface area contributed by atoms with Gasteiger partial charge in [-0.3, -0.25) is 4.79 Å². The van der Waals surface area contributed by atoms with Crippen LogP contribution >= 0.6 is 23.1 Å². The predicted octanol–water partition coefficient (Wildman–Crippen LogP) is 3.78. The lowest BCUT2D eigenvalue weighted by molar-refractivity contribution is -0.131. The fourth-order valence-electron chi connectivity index (χ4n) is 3.10. The van der Waals surface area contributed by atoms with Crippen molar-refractivity contribution in [3.63, 3.8) is 0 Å². The summed E-state index contributed by atoms with van der Waals surface area (Å²) in [4.78, 5) is 25.0. The first kappa shape index (κ1) is 16.5. The maximum Gasteiger partial charge on any atom is 0.233 e. The summed E-state index contributed by atoms with van der Waals surface area (Å²) in [5.41, 5.74) is 3.23. The van der Waals surface area contributed by atoms with E-state index in [1.165, 1.54) is 22.2 Å². The second kappa shape index (κ2) is 7.01. The Hall–Kier alpha value is -1.40. The number of aryl methyl sites for hydroxylation is 2. The van der Waals surface area contributed by atoms with E-state index in [-0.39, 0.29) is 11.9 Å². The largest absolute Gasteiger partial charge is 0.335 e. The number of carbonyl (C=O) groups excluding carboxylic acids is 1. The van der Waals surface area contributed by atoms with Gasteiger partial charge in [-0.25, -0.2) is 9.97 Å². The summed E-state index contributed by atoms with van der Waals surface area (Å²) in [6.45, 7) is 6.88. The Morgan fingerprint density at radius 2 is 2.13 bits per heavy atom. The maximum atomic E-state index is 12.7. The number of nitrogens with zero attached hydrogens (tertiary/aromatic N) is 3. The van der Waals surface area contributed by atoms with Crippen LogP contribution in [-0.2, 0) is 11.2 Å². The maximum absolute atomic E-state index is 12.7. The number of hydrogen-bond acceptors (Lipinski definition) is 5. The molecule has 1 amide bonds. The summed E-state index contributed by atoms with van der Waals surface area (Å²) < 4.78 is 0.